The van der Waals surface area contributed by atoms with Gasteiger partial charge in [0, 0.05) is 32.0 Å². The van der Waals surface area contributed by atoms with Gasteiger partial charge in [0.2, 0.25) is 12.7 Å². The van der Waals surface area contributed by atoms with E-state index >= 15 is 0 Å². The molecule has 0 aliphatic carbocycles. The van der Waals surface area contributed by atoms with E-state index in [4.69, 9.17) is 9.47 Å². The third kappa shape index (κ3) is 3.50. The Kier molecular flexibility index (Phi) is 4.37. The molecule has 130 valence electrons. The second-order valence-corrected chi connectivity index (χ2v) is 6.25. The van der Waals surface area contributed by atoms with Crippen molar-refractivity contribution in [2.75, 3.05) is 24.8 Å². The maximum atomic E-state index is 12.6. The van der Waals surface area contributed by atoms with Gasteiger partial charge in [0.05, 0.1) is 12.1 Å². The standard InChI is InChI=1S/C18H20N4O3/c23-18(21-9-13-3-4-15-16(8-13)25-12-24-15)14-2-1-7-22(11-14)17-10-19-5-6-20-17/h3-6,8,10,14H,1-2,7,9,11-12H2,(H,21,23)/t14-/m1/s1. The lowest BCUT2D eigenvalue weighted by Crippen LogP contribution is -2.43. The van der Waals surface area contributed by atoms with Crippen molar-refractivity contribution < 1.29 is 14.3 Å². The highest BCUT2D eigenvalue weighted by Crippen LogP contribution is 2.32. The van der Waals surface area contributed by atoms with Crippen LogP contribution in [-0.2, 0) is 11.3 Å². The van der Waals surface area contributed by atoms with Crippen molar-refractivity contribution >= 4 is 11.7 Å². The van der Waals surface area contributed by atoms with Crippen LogP contribution < -0.4 is 19.7 Å². The SMILES string of the molecule is O=C(NCc1ccc2c(c1)OCO2)[C@@H]1CCCN(c2cnccn2)C1. The average Bonchev–Trinajstić information content (AvgIpc) is 3.15. The summed E-state index contributed by atoms with van der Waals surface area (Å²) in [6, 6.07) is 5.73. The Morgan fingerprint density at radius 2 is 2.20 bits per heavy atom. The fourth-order valence-corrected chi connectivity index (χ4v) is 3.24. The summed E-state index contributed by atoms with van der Waals surface area (Å²) in [6.45, 7) is 2.32. The van der Waals surface area contributed by atoms with Gasteiger partial charge < -0.3 is 19.7 Å². The Morgan fingerprint density at radius 1 is 1.28 bits per heavy atom. The van der Waals surface area contributed by atoms with Gasteiger partial charge in [0.15, 0.2) is 11.5 Å². The summed E-state index contributed by atoms with van der Waals surface area (Å²) >= 11 is 0. The summed E-state index contributed by atoms with van der Waals surface area (Å²) in [4.78, 5) is 23.1. The number of amides is 1. The molecular weight excluding hydrogens is 320 g/mol. The van der Waals surface area contributed by atoms with E-state index in [1.807, 2.05) is 18.2 Å². The van der Waals surface area contributed by atoms with Gasteiger partial charge in [-0.2, -0.15) is 0 Å². The van der Waals surface area contributed by atoms with Gasteiger partial charge in [-0.15, -0.1) is 0 Å². The number of rotatable bonds is 4. The first-order valence-corrected chi connectivity index (χ1v) is 8.47. The number of nitrogens with zero attached hydrogens (tertiary/aromatic N) is 3. The lowest BCUT2D eigenvalue weighted by Gasteiger charge is -2.32. The van der Waals surface area contributed by atoms with Crippen LogP contribution in [0.1, 0.15) is 18.4 Å². The van der Waals surface area contributed by atoms with Crippen LogP contribution in [0.15, 0.2) is 36.8 Å². The van der Waals surface area contributed by atoms with Crippen molar-refractivity contribution in [3.8, 4) is 11.5 Å². The molecule has 1 amide bonds. The van der Waals surface area contributed by atoms with E-state index in [0.717, 1.165) is 42.3 Å². The summed E-state index contributed by atoms with van der Waals surface area (Å²) in [6.07, 6.45) is 6.94. The third-order valence-electron chi connectivity index (χ3n) is 4.57. The number of carbonyl (C=O) groups excluding carboxylic acids is 1. The van der Waals surface area contributed by atoms with E-state index < -0.39 is 0 Å². The summed E-state index contributed by atoms with van der Waals surface area (Å²) in [5.74, 6) is 2.35. The smallest absolute Gasteiger partial charge is 0.231 e. The number of hydrogen-bond donors (Lipinski definition) is 1. The van der Waals surface area contributed by atoms with Gasteiger partial charge >= 0.3 is 0 Å². The molecule has 1 fully saturated rings. The monoisotopic (exact) mass is 340 g/mol. The molecule has 1 aromatic heterocycles. The maximum absolute atomic E-state index is 12.6. The summed E-state index contributed by atoms with van der Waals surface area (Å²) < 4.78 is 10.7. The zero-order valence-corrected chi connectivity index (χ0v) is 13.9. The van der Waals surface area contributed by atoms with Crippen molar-refractivity contribution in [3.05, 3.63) is 42.4 Å². The van der Waals surface area contributed by atoms with E-state index in [2.05, 4.69) is 20.2 Å². The van der Waals surface area contributed by atoms with E-state index in [1.165, 1.54) is 0 Å². The number of ether oxygens (including phenoxy) is 2. The molecule has 1 N–H and O–H groups in total. The fourth-order valence-electron chi connectivity index (χ4n) is 3.24. The van der Waals surface area contributed by atoms with Crippen molar-refractivity contribution in [1.29, 1.82) is 0 Å². The first kappa shape index (κ1) is 15.7. The van der Waals surface area contributed by atoms with Crippen LogP contribution in [-0.4, -0.2) is 35.8 Å². The number of hydrogen-bond acceptors (Lipinski definition) is 6. The highest BCUT2D eigenvalue weighted by atomic mass is 16.7. The molecular formula is C18H20N4O3. The molecule has 1 saturated heterocycles. The Bertz CT molecular complexity index is 753. The van der Waals surface area contributed by atoms with Gasteiger partial charge in [-0.1, -0.05) is 6.07 Å². The molecule has 4 rings (SSSR count). The third-order valence-corrected chi connectivity index (χ3v) is 4.57. The summed E-state index contributed by atoms with van der Waals surface area (Å²) in [5, 5.41) is 3.03. The van der Waals surface area contributed by atoms with Crippen LogP contribution in [0.4, 0.5) is 5.82 Å². The Labute approximate surface area is 146 Å². The number of piperidine rings is 1. The van der Waals surface area contributed by atoms with E-state index in [-0.39, 0.29) is 18.6 Å². The normalized spacial score (nSPS) is 18.9. The maximum Gasteiger partial charge on any atom is 0.231 e. The molecule has 25 heavy (non-hydrogen) atoms. The molecule has 3 heterocycles. The molecule has 0 bridgehead atoms. The highest BCUT2D eigenvalue weighted by Gasteiger charge is 2.26. The zero-order chi connectivity index (χ0) is 17.1. The summed E-state index contributed by atoms with van der Waals surface area (Å²) in [7, 11) is 0. The average molecular weight is 340 g/mol. The lowest BCUT2D eigenvalue weighted by atomic mass is 9.97. The van der Waals surface area contributed by atoms with Gasteiger partial charge in [-0.05, 0) is 30.5 Å². The second-order valence-electron chi connectivity index (χ2n) is 6.25. The van der Waals surface area contributed by atoms with Gasteiger partial charge in [-0.3, -0.25) is 9.78 Å². The number of benzene rings is 1. The minimum Gasteiger partial charge on any atom is -0.454 e. The Balaban J connectivity index is 1.34. The topological polar surface area (TPSA) is 76.6 Å². The lowest BCUT2D eigenvalue weighted by molar-refractivity contribution is -0.125. The van der Waals surface area contributed by atoms with Gasteiger partial charge in [0.25, 0.3) is 0 Å². The van der Waals surface area contributed by atoms with Gasteiger partial charge in [0.1, 0.15) is 5.82 Å². The molecule has 1 aromatic carbocycles. The zero-order valence-electron chi connectivity index (χ0n) is 13.9. The van der Waals surface area contributed by atoms with E-state index in [9.17, 15) is 4.79 Å². The van der Waals surface area contributed by atoms with Crippen LogP contribution in [0.5, 0.6) is 11.5 Å². The predicted molar refractivity (Wildman–Crippen MR) is 91.4 cm³/mol. The molecule has 0 saturated carbocycles. The van der Waals surface area contributed by atoms with Crippen LogP contribution in [0, 0.1) is 5.92 Å². The predicted octanol–water partition coefficient (Wildman–Crippen LogP) is 1.74. The van der Waals surface area contributed by atoms with Crippen LogP contribution in [0.2, 0.25) is 0 Å². The minimum absolute atomic E-state index is 0.0373. The molecule has 0 radical (unpaired) electrons. The molecule has 0 unspecified atom stereocenters. The molecule has 7 nitrogen and oxygen atoms in total. The van der Waals surface area contributed by atoms with Crippen LogP contribution in [0.3, 0.4) is 0 Å². The minimum atomic E-state index is -0.0373. The van der Waals surface area contributed by atoms with Crippen LogP contribution >= 0.6 is 0 Å². The van der Waals surface area contributed by atoms with E-state index in [0.29, 0.717) is 13.1 Å². The van der Waals surface area contributed by atoms with Crippen molar-refractivity contribution in [1.82, 2.24) is 15.3 Å². The highest BCUT2D eigenvalue weighted by molar-refractivity contribution is 5.79. The first-order chi connectivity index (χ1) is 12.3. The van der Waals surface area contributed by atoms with Crippen molar-refractivity contribution in [3.63, 3.8) is 0 Å². The van der Waals surface area contributed by atoms with Gasteiger partial charge in [-0.25, -0.2) is 4.98 Å². The number of carbonyl (C=O) groups is 1. The molecule has 2 aliphatic heterocycles. The molecule has 0 spiro atoms. The van der Waals surface area contributed by atoms with Crippen LogP contribution in [0.25, 0.3) is 0 Å². The second kappa shape index (κ2) is 6.96. The van der Waals surface area contributed by atoms with E-state index in [1.54, 1.807) is 18.6 Å². The largest absolute Gasteiger partial charge is 0.454 e. The number of aromatic nitrogens is 2. The fraction of sp³-hybridized carbons (Fsp3) is 0.389. The summed E-state index contributed by atoms with van der Waals surface area (Å²) in [5.41, 5.74) is 0.999. The Morgan fingerprint density at radius 3 is 3.08 bits per heavy atom. The van der Waals surface area contributed by atoms with Crippen molar-refractivity contribution in [2.45, 2.75) is 19.4 Å². The first-order valence-electron chi connectivity index (χ1n) is 8.47. The molecule has 2 aliphatic rings. The quantitative estimate of drug-likeness (QED) is 0.914. The number of fused-ring (bicyclic) bond motifs is 1. The molecule has 2 aromatic rings. The number of anilines is 1. The Hall–Kier alpha value is -2.83. The molecule has 1 atom stereocenters. The number of nitrogens with one attached hydrogen (secondary N) is 1. The van der Waals surface area contributed by atoms with Crippen molar-refractivity contribution in [2.24, 2.45) is 5.92 Å². The molecule has 7 heteroatoms.